The Balaban J connectivity index is 1.87. The Morgan fingerprint density at radius 3 is 2.72 bits per heavy atom. The highest BCUT2D eigenvalue weighted by atomic mass is 16.3. The lowest BCUT2D eigenvalue weighted by Crippen LogP contribution is -2.32. The van der Waals surface area contributed by atoms with Gasteiger partial charge in [-0.25, -0.2) is 0 Å². The first-order valence-corrected chi connectivity index (χ1v) is 7.02. The van der Waals surface area contributed by atoms with E-state index in [0.717, 1.165) is 37.6 Å². The summed E-state index contributed by atoms with van der Waals surface area (Å²) in [4.78, 5) is 2.38. The number of fused-ring (bicyclic) bond motifs is 1. The van der Waals surface area contributed by atoms with Crippen LogP contribution in [0.2, 0.25) is 0 Å². The number of rotatable bonds is 2. The van der Waals surface area contributed by atoms with Gasteiger partial charge in [-0.15, -0.1) is 10.2 Å². The van der Waals surface area contributed by atoms with Gasteiger partial charge in [-0.05, 0) is 39.3 Å². The van der Waals surface area contributed by atoms with Gasteiger partial charge in [0.2, 0.25) is 0 Å². The fraction of sp³-hybridized carbons (Fsp3) is 0.846. The predicted octanol–water partition coefficient (Wildman–Crippen LogP) is 0.957. The Labute approximate surface area is 108 Å². The molecule has 5 heteroatoms. The number of aromatic nitrogens is 3. The summed E-state index contributed by atoms with van der Waals surface area (Å²) in [7, 11) is 2.18. The molecule has 2 atom stereocenters. The maximum absolute atomic E-state index is 9.41. The van der Waals surface area contributed by atoms with E-state index in [1.807, 2.05) is 0 Å². The summed E-state index contributed by atoms with van der Waals surface area (Å²) in [6.07, 6.45) is 4.63. The van der Waals surface area contributed by atoms with Gasteiger partial charge in [-0.2, -0.15) is 0 Å². The number of likely N-dealkylation sites (tertiary alicyclic amines) is 1. The summed E-state index contributed by atoms with van der Waals surface area (Å²) in [6.45, 7) is 3.50. The lowest BCUT2D eigenvalue weighted by Gasteiger charge is -2.30. The average Bonchev–Trinajstić information content (AvgIpc) is 2.82. The molecule has 2 aliphatic heterocycles. The predicted molar refractivity (Wildman–Crippen MR) is 68.6 cm³/mol. The molecule has 2 aliphatic rings. The van der Waals surface area contributed by atoms with Gasteiger partial charge in [0, 0.05) is 24.9 Å². The van der Waals surface area contributed by atoms with Crippen LogP contribution in [-0.4, -0.2) is 51.5 Å². The monoisotopic (exact) mass is 250 g/mol. The van der Waals surface area contributed by atoms with Crippen molar-refractivity contribution in [1.82, 2.24) is 19.7 Å². The van der Waals surface area contributed by atoms with E-state index in [1.165, 1.54) is 19.4 Å². The van der Waals surface area contributed by atoms with Crippen LogP contribution in [0.25, 0.3) is 0 Å². The zero-order valence-corrected chi connectivity index (χ0v) is 11.0. The van der Waals surface area contributed by atoms with Crippen LogP contribution in [0.5, 0.6) is 0 Å². The minimum absolute atomic E-state index is 0.196. The van der Waals surface area contributed by atoms with Crippen molar-refractivity contribution in [2.24, 2.45) is 0 Å². The highest BCUT2D eigenvalue weighted by Crippen LogP contribution is 2.31. The van der Waals surface area contributed by atoms with E-state index in [1.54, 1.807) is 0 Å². The number of aliphatic hydroxyl groups excluding tert-OH is 1. The normalized spacial score (nSPS) is 29.2. The van der Waals surface area contributed by atoms with Crippen molar-refractivity contribution in [3.63, 3.8) is 0 Å². The summed E-state index contributed by atoms with van der Waals surface area (Å²) >= 11 is 0. The SMILES string of the molecule is CN1CCCC(c2nnc3n2CCCC3CO)C1. The molecule has 3 rings (SSSR count). The van der Waals surface area contributed by atoms with Crippen molar-refractivity contribution in [1.29, 1.82) is 0 Å². The lowest BCUT2D eigenvalue weighted by atomic mass is 9.95. The van der Waals surface area contributed by atoms with Crippen LogP contribution in [0.3, 0.4) is 0 Å². The van der Waals surface area contributed by atoms with Gasteiger partial charge < -0.3 is 14.6 Å². The number of hydrogen-bond donors (Lipinski definition) is 1. The van der Waals surface area contributed by atoms with Crippen molar-refractivity contribution >= 4 is 0 Å². The average molecular weight is 250 g/mol. The molecule has 1 N–H and O–H groups in total. The first kappa shape index (κ1) is 12.1. The third-order valence-electron chi connectivity index (χ3n) is 4.32. The first-order valence-electron chi connectivity index (χ1n) is 7.02. The molecular formula is C13H22N4O. The summed E-state index contributed by atoms with van der Waals surface area (Å²) in [6, 6.07) is 0. The fourth-order valence-corrected chi connectivity index (χ4v) is 3.34. The maximum atomic E-state index is 9.41. The molecule has 0 spiro atoms. The van der Waals surface area contributed by atoms with Crippen molar-refractivity contribution in [3.8, 4) is 0 Å². The molecule has 5 nitrogen and oxygen atoms in total. The van der Waals surface area contributed by atoms with E-state index < -0.39 is 0 Å². The quantitative estimate of drug-likeness (QED) is 0.849. The largest absolute Gasteiger partial charge is 0.396 e. The number of hydrogen-bond acceptors (Lipinski definition) is 4. The summed E-state index contributed by atoms with van der Waals surface area (Å²) in [5.74, 6) is 2.87. The van der Waals surface area contributed by atoms with Crippen LogP contribution in [0.15, 0.2) is 0 Å². The zero-order chi connectivity index (χ0) is 12.5. The van der Waals surface area contributed by atoms with Gasteiger partial charge in [0.1, 0.15) is 11.6 Å². The minimum Gasteiger partial charge on any atom is -0.396 e. The van der Waals surface area contributed by atoms with E-state index in [-0.39, 0.29) is 12.5 Å². The van der Waals surface area contributed by atoms with Gasteiger partial charge in [0.05, 0.1) is 6.61 Å². The molecule has 1 aromatic rings. The maximum Gasteiger partial charge on any atom is 0.138 e. The molecule has 0 aliphatic carbocycles. The highest BCUT2D eigenvalue weighted by Gasteiger charge is 2.29. The Bertz CT molecular complexity index is 417. The van der Waals surface area contributed by atoms with Crippen molar-refractivity contribution in [2.75, 3.05) is 26.7 Å². The van der Waals surface area contributed by atoms with Gasteiger partial charge in [-0.3, -0.25) is 0 Å². The highest BCUT2D eigenvalue weighted by molar-refractivity contribution is 5.09. The molecule has 1 aromatic heterocycles. The summed E-state index contributed by atoms with van der Waals surface area (Å²) < 4.78 is 2.27. The summed E-state index contributed by atoms with van der Waals surface area (Å²) in [5.41, 5.74) is 0. The van der Waals surface area contributed by atoms with E-state index in [9.17, 15) is 5.11 Å². The van der Waals surface area contributed by atoms with Crippen LogP contribution in [0.4, 0.5) is 0 Å². The van der Waals surface area contributed by atoms with Crippen LogP contribution in [0.1, 0.15) is 49.2 Å². The van der Waals surface area contributed by atoms with Crippen LogP contribution in [-0.2, 0) is 6.54 Å². The van der Waals surface area contributed by atoms with Crippen LogP contribution in [0, 0.1) is 0 Å². The Morgan fingerprint density at radius 2 is 1.94 bits per heavy atom. The lowest BCUT2D eigenvalue weighted by molar-refractivity contribution is 0.228. The van der Waals surface area contributed by atoms with Gasteiger partial charge in [-0.1, -0.05) is 0 Å². The standard InChI is InChI=1S/C13H22N4O/c1-16-6-2-4-10(8-16)12-14-15-13-11(9-18)5-3-7-17(12)13/h10-11,18H,2-9H2,1H3. The van der Waals surface area contributed by atoms with E-state index >= 15 is 0 Å². The smallest absolute Gasteiger partial charge is 0.138 e. The Hall–Kier alpha value is -0.940. The van der Waals surface area contributed by atoms with Crippen molar-refractivity contribution in [3.05, 3.63) is 11.6 Å². The number of piperidine rings is 1. The summed E-state index contributed by atoms with van der Waals surface area (Å²) in [5, 5.41) is 18.2. The van der Waals surface area contributed by atoms with E-state index in [0.29, 0.717) is 5.92 Å². The zero-order valence-electron chi connectivity index (χ0n) is 11.0. The number of aliphatic hydroxyl groups is 1. The molecule has 0 aromatic carbocycles. The molecule has 0 saturated carbocycles. The number of nitrogens with zero attached hydrogens (tertiary/aromatic N) is 4. The first-order chi connectivity index (χ1) is 8.79. The minimum atomic E-state index is 0.196. The molecule has 2 unspecified atom stereocenters. The molecular weight excluding hydrogens is 228 g/mol. The Kier molecular flexibility index (Phi) is 3.35. The van der Waals surface area contributed by atoms with Gasteiger partial charge in [0.25, 0.3) is 0 Å². The second-order valence-electron chi connectivity index (χ2n) is 5.69. The molecule has 0 amide bonds. The van der Waals surface area contributed by atoms with Crippen LogP contribution >= 0.6 is 0 Å². The second kappa shape index (κ2) is 4.97. The molecule has 0 bridgehead atoms. The van der Waals surface area contributed by atoms with Crippen LogP contribution < -0.4 is 0 Å². The molecule has 18 heavy (non-hydrogen) atoms. The molecule has 3 heterocycles. The van der Waals surface area contributed by atoms with Crippen molar-refractivity contribution < 1.29 is 5.11 Å². The van der Waals surface area contributed by atoms with Gasteiger partial charge in [0.15, 0.2) is 0 Å². The van der Waals surface area contributed by atoms with Gasteiger partial charge >= 0.3 is 0 Å². The molecule has 1 fully saturated rings. The molecule has 0 radical (unpaired) electrons. The fourth-order valence-electron chi connectivity index (χ4n) is 3.34. The van der Waals surface area contributed by atoms with Crippen molar-refractivity contribution in [2.45, 2.75) is 44.1 Å². The number of likely N-dealkylation sites (N-methyl/N-ethyl adjacent to an activating group) is 1. The second-order valence-corrected chi connectivity index (χ2v) is 5.69. The van der Waals surface area contributed by atoms with E-state index in [2.05, 4.69) is 26.7 Å². The third kappa shape index (κ3) is 2.06. The van der Waals surface area contributed by atoms with E-state index in [4.69, 9.17) is 0 Å². The topological polar surface area (TPSA) is 54.2 Å². The third-order valence-corrected chi connectivity index (χ3v) is 4.32. The molecule has 1 saturated heterocycles. The molecule has 100 valence electrons. The Morgan fingerprint density at radius 1 is 1.17 bits per heavy atom.